The highest BCUT2D eigenvalue weighted by Crippen LogP contribution is 2.23. The molecule has 0 heterocycles. The molecule has 7 heteroatoms. The van der Waals surface area contributed by atoms with E-state index in [4.69, 9.17) is 16.3 Å². The molecule has 0 radical (unpaired) electrons. The molecular weight excluding hydrogens is 380 g/mol. The maximum absolute atomic E-state index is 12.0. The fourth-order valence-corrected chi connectivity index (χ4v) is 2.58. The Kier molecular flexibility index (Phi) is 8.02. The molecule has 0 aromatic heterocycles. The Morgan fingerprint density at radius 3 is 2.39 bits per heavy atom. The number of benzene rings is 2. The van der Waals surface area contributed by atoms with Crippen molar-refractivity contribution in [3.05, 3.63) is 58.6 Å². The van der Waals surface area contributed by atoms with Gasteiger partial charge < -0.3 is 15.4 Å². The monoisotopic (exact) mass is 402 g/mol. The smallest absolute Gasteiger partial charge is 0.258 e. The summed E-state index contributed by atoms with van der Waals surface area (Å²) in [6, 6.07) is 11.9. The van der Waals surface area contributed by atoms with Crippen molar-refractivity contribution in [2.75, 3.05) is 11.9 Å². The summed E-state index contributed by atoms with van der Waals surface area (Å²) >= 11 is 5.83. The number of ketones is 1. The quantitative estimate of drug-likeness (QED) is 0.621. The molecule has 2 aromatic carbocycles. The van der Waals surface area contributed by atoms with Crippen molar-refractivity contribution in [1.29, 1.82) is 0 Å². The number of carbonyl (C=O) groups is 3. The van der Waals surface area contributed by atoms with Crippen LogP contribution in [-0.2, 0) is 16.1 Å². The van der Waals surface area contributed by atoms with Gasteiger partial charge >= 0.3 is 0 Å². The van der Waals surface area contributed by atoms with Gasteiger partial charge in [-0.2, -0.15) is 0 Å². The molecule has 0 spiro atoms. The van der Waals surface area contributed by atoms with E-state index >= 15 is 0 Å². The van der Waals surface area contributed by atoms with E-state index in [0.29, 0.717) is 35.0 Å². The van der Waals surface area contributed by atoms with Gasteiger partial charge in [0.2, 0.25) is 5.91 Å². The van der Waals surface area contributed by atoms with E-state index in [2.05, 4.69) is 10.6 Å². The van der Waals surface area contributed by atoms with Gasteiger partial charge in [-0.25, -0.2) is 0 Å². The van der Waals surface area contributed by atoms with Gasteiger partial charge in [0.15, 0.2) is 12.4 Å². The second kappa shape index (κ2) is 10.5. The van der Waals surface area contributed by atoms with E-state index < -0.39 is 0 Å². The molecule has 0 atom stereocenters. The van der Waals surface area contributed by atoms with E-state index in [1.165, 1.54) is 6.92 Å². The zero-order valence-corrected chi connectivity index (χ0v) is 16.6. The van der Waals surface area contributed by atoms with Crippen LogP contribution >= 0.6 is 11.6 Å². The van der Waals surface area contributed by atoms with E-state index in [1.807, 2.05) is 19.1 Å². The van der Waals surface area contributed by atoms with Crippen LogP contribution in [0.3, 0.4) is 0 Å². The number of amides is 2. The molecule has 2 rings (SSSR count). The summed E-state index contributed by atoms with van der Waals surface area (Å²) in [6.45, 7) is 3.44. The summed E-state index contributed by atoms with van der Waals surface area (Å²) < 4.78 is 5.51. The third-order valence-corrected chi connectivity index (χ3v) is 4.13. The maximum Gasteiger partial charge on any atom is 0.258 e. The van der Waals surface area contributed by atoms with Crippen molar-refractivity contribution < 1.29 is 19.1 Å². The Morgan fingerprint density at radius 1 is 1.04 bits per heavy atom. The third kappa shape index (κ3) is 6.70. The molecule has 2 N–H and O–H groups in total. The number of ether oxygens (including phenoxy) is 1. The molecule has 0 saturated heterocycles. The van der Waals surface area contributed by atoms with Gasteiger partial charge in [0, 0.05) is 23.7 Å². The highest BCUT2D eigenvalue weighted by atomic mass is 35.5. The second-order valence-corrected chi connectivity index (χ2v) is 6.69. The minimum absolute atomic E-state index is 0.118. The van der Waals surface area contributed by atoms with Crippen LogP contribution in [0.1, 0.15) is 42.6 Å². The fourth-order valence-electron chi connectivity index (χ4n) is 2.46. The molecule has 0 unspecified atom stereocenters. The Labute approximate surface area is 169 Å². The Balaban J connectivity index is 1.94. The van der Waals surface area contributed by atoms with Crippen molar-refractivity contribution in [2.24, 2.45) is 0 Å². The lowest BCUT2D eigenvalue weighted by Gasteiger charge is -2.12. The Bertz CT molecular complexity index is 850. The van der Waals surface area contributed by atoms with Crippen molar-refractivity contribution in [2.45, 2.75) is 33.2 Å². The predicted molar refractivity (Wildman–Crippen MR) is 109 cm³/mol. The lowest BCUT2D eigenvalue weighted by Crippen LogP contribution is -2.28. The summed E-state index contributed by atoms with van der Waals surface area (Å²) in [5, 5.41) is 6.11. The van der Waals surface area contributed by atoms with Crippen LogP contribution < -0.4 is 15.4 Å². The van der Waals surface area contributed by atoms with Crippen molar-refractivity contribution in [1.82, 2.24) is 5.32 Å². The average Bonchev–Trinajstić information content (AvgIpc) is 2.66. The first kappa shape index (κ1) is 21.4. The number of carbonyl (C=O) groups excluding carboxylic acids is 3. The van der Waals surface area contributed by atoms with Gasteiger partial charge in [-0.15, -0.1) is 0 Å². The minimum Gasteiger partial charge on any atom is -0.483 e. The molecule has 0 fully saturated rings. The number of anilines is 1. The molecule has 28 heavy (non-hydrogen) atoms. The van der Waals surface area contributed by atoms with Gasteiger partial charge in [-0.3, -0.25) is 14.4 Å². The minimum atomic E-state index is -0.315. The lowest BCUT2D eigenvalue weighted by atomic mass is 10.1. The van der Waals surface area contributed by atoms with Gasteiger partial charge in [0.25, 0.3) is 5.91 Å². The van der Waals surface area contributed by atoms with Crippen LogP contribution in [0.5, 0.6) is 5.75 Å². The average molecular weight is 403 g/mol. The maximum atomic E-state index is 12.0. The number of nitrogens with one attached hydrogen (secondary N) is 2. The Hall–Kier alpha value is -2.86. The molecule has 0 saturated carbocycles. The van der Waals surface area contributed by atoms with Crippen LogP contribution in [0.2, 0.25) is 5.02 Å². The number of halogens is 1. The number of rotatable bonds is 9. The third-order valence-electron chi connectivity index (χ3n) is 3.88. The molecule has 0 aliphatic heterocycles. The number of Topliss-reactive ketones (excluding diaryl/α,β-unsaturated/α-hetero) is 1. The van der Waals surface area contributed by atoms with E-state index in [0.717, 1.165) is 12.0 Å². The zero-order chi connectivity index (χ0) is 20.5. The van der Waals surface area contributed by atoms with Crippen molar-refractivity contribution in [3.63, 3.8) is 0 Å². The summed E-state index contributed by atoms with van der Waals surface area (Å²) in [7, 11) is 0. The molecule has 0 aliphatic rings. The first-order valence-electron chi connectivity index (χ1n) is 8.97. The lowest BCUT2D eigenvalue weighted by molar-refractivity contribution is -0.123. The van der Waals surface area contributed by atoms with Crippen molar-refractivity contribution >= 4 is 34.9 Å². The van der Waals surface area contributed by atoms with Crippen LogP contribution in [0.15, 0.2) is 42.5 Å². The molecular formula is C21H23ClN2O4. The molecule has 0 aliphatic carbocycles. The number of hydrogen-bond acceptors (Lipinski definition) is 4. The summed E-state index contributed by atoms with van der Waals surface area (Å²) in [4.78, 5) is 35.6. The number of hydrogen-bond donors (Lipinski definition) is 2. The van der Waals surface area contributed by atoms with E-state index in [-0.39, 0.29) is 24.2 Å². The fraction of sp³-hybridized carbons (Fsp3) is 0.286. The molecule has 0 bridgehead atoms. The zero-order valence-electron chi connectivity index (χ0n) is 15.9. The first-order chi connectivity index (χ1) is 13.4. The standard InChI is InChI=1S/C21H23ClN2O4/c1-3-4-20(26)24-17-9-10-19(18(11-17)14(2)25)28-13-21(27)23-12-15-5-7-16(22)8-6-15/h5-11H,3-4,12-13H2,1-2H3,(H,23,27)(H,24,26). The van der Waals surface area contributed by atoms with Gasteiger partial charge in [-0.1, -0.05) is 30.7 Å². The highest BCUT2D eigenvalue weighted by molar-refractivity contribution is 6.30. The van der Waals surface area contributed by atoms with Gasteiger partial charge in [0.05, 0.1) is 5.56 Å². The Morgan fingerprint density at radius 2 is 1.75 bits per heavy atom. The topological polar surface area (TPSA) is 84.5 Å². The summed E-state index contributed by atoms with van der Waals surface area (Å²) in [5.41, 5.74) is 1.73. The first-order valence-corrected chi connectivity index (χ1v) is 9.35. The van der Waals surface area contributed by atoms with Crippen molar-refractivity contribution in [3.8, 4) is 5.75 Å². The highest BCUT2D eigenvalue weighted by Gasteiger charge is 2.13. The predicted octanol–water partition coefficient (Wildman–Crippen LogP) is 3.98. The summed E-state index contributed by atoms with van der Waals surface area (Å²) in [5.74, 6) is -0.358. The van der Waals surface area contributed by atoms with Crippen LogP contribution in [0.25, 0.3) is 0 Å². The molecule has 6 nitrogen and oxygen atoms in total. The van der Waals surface area contributed by atoms with Gasteiger partial charge in [-0.05, 0) is 49.2 Å². The normalized spacial score (nSPS) is 10.2. The molecule has 2 aromatic rings. The van der Waals surface area contributed by atoms with Gasteiger partial charge in [0.1, 0.15) is 5.75 Å². The molecule has 148 valence electrons. The van der Waals surface area contributed by atoms with Crippen LogP contribution in [0.4, 0.5) is 5.69 Å². The summed E-state index contributed by atoms with van der Waals surface area (Å²) in [6.07, 6.45) is 1.14. The van der Waals surface area contributed by atoms with Crippen LogP contribution in [0, 0.1) is 0 Å². The van der Waals surface area contributed by atoms with E-state index in [9.17, 15) is 14.4 Å². The van der Waals surface area contributed by atoms with E-state index in [1.54, 1.807) is 30.3 Å². The second-order valence-electron chi connectivity index (χ2n) is 6.26. The SMILES string of the molecule is CCCC(=O)Nc1ccc(OCC(=O)NCc2ccc(Cl)cc2)c(C(C)=O)c1. The molecule has 2 amide bonds. The van der Waals surface area contributed by atoms with Crippen LogP contribution in [-0.4, -0.2) is 24.2 Å². The largest absolute Gasteiger partial charge is 0.483 e.